The average Bonchev–Trinajstić information content (AvgIpc) is 0.763. The summed E-state index contributed by atoms with van der Waals surface area (Å²) in [4.78, 5) is 115. The van der Waals surface area contributed by atoms with E-state index in [0.717, 1.165) is 69.6 Å². The number of carbonyl (C=O) groups excluding carboxylic acids is 9. The van der Waals surface area contributed by atoms with E-state index in [1.165, 1.54) is 0 Å². The first-order chi connectivity index (χ1) is 54.8. The Balaban J connectivity index is 1.00. The Kier molecular flexibility index (Phi) is 34.9. The largest absolute Gasteiger partial charge is 0.547 e. The highest BCUT2D eigenvalue weighted by Gasteiger charge is 2.63. The van der Waals surface area contributed by atoms with Crippen LogP contribution in [0.5, 0.6) is 0 Å². The summed E-state index contributed by atoms with van der Waals surface area (Å²) in [5, 5.41) is 185. The third-order valence-corrected chi connectivity index (χ3v) is 19.4. The van der Waals surface area contributed by atoms with Crippen LogP contribution in [0.3, 0.4) is 0 Å². The van der Waals surface area contributed by atoms with Gasteiger partial charge in [-0.2, -0.15) is 0 Å². The molecule has 0 spiro atoms. The van der Waals surface area contributed by atoms with Gasteiger partial charge >= 0.3 is 41.8 Å². The van der Waals surface area contributed by atoms with Crippen molar-refractivity contribution in [2.24, 2.45) is 0 Å². The lowest BCUT2D eigenvalue weighted by molar-refractivity contribution is -0.399. The van der Waals surface area contributed by atoms with E-state index < -0.39 is 345 Å². The van der Waals surface area contributed by atoms with Crippen molar-refractivity contribution in [2.75, 3.05) is 60.5 Å². The van der Waals surface area contributed by atoms with E-state index in [2.05, 4.69) is 5.32 Å². The maximum atomic E-state index is 13.2. The van der Waals surface area contributed by atoms with Gasteiger partial charge in [0, 0.05) is 69.6 Å². The van der Waals surface area contributed by atoms with Crippen LogP contribution in [0.4, 0.5) is 0 Å². The average molecular weight is 1690 g/mol. The number of hydrogen-bond acceptors (Lipinski definition) is 49. The molecule has 8 fully saturated rings. The quantitative estimate of drug-likeness (QED) is 0.0220. The van der Waals surface area contributed by atoms with E-state index in [9.17, 15) is 125 Å². The highest BCUT2D eigenvalue weighted by Crippen LogP contribution is 2.42. The first-order valence-electron chi connectivity index (χ1n) is 36.1. The maximum Gasteiger partial charge on any atom is 0.303 e. The minimum absolute atomic E-state index is 0.766. The van der Waals surface area contributed by atoms with Gasteiger partial charge < -0.3 is 206 Å². The fourth-order valence-corrected chi connectivity index (χ4v) is 14.5. The van der Waals surface area contributed by atoms with E-state index in [4.69, 9.17) is 114 Å². The number of aliphatic hydroxyl groups excluding tert-OH is 15. The van der Waals surface area contributed by atoms with Crippen molar-refractivity contribution in [1.29, 1.82) is 0 Å². The molecule has 0 aliphatic carbocycles. The molecule has 8 aliphatic heterocycles. The van der Waals surface area contributed by atoms with Crippen molar-refractivity contribution in [1.82, 2.24) is 5.32 Å². The summed E-state index contributed by atoms with van der Waals surface area (Å²) in [6.07, 6.45) is -79.5. The molecule has 1 amide bonds. The molecule has 116 heavy (non-hydrogen) atoms. The van der Waals surface area contributed by atoms with Crippen LogP contribution in [0, 0.1) is 0 Å². The molecular weight excluding hydrogens is 1590 g/mol. The number of aliphatic carboxylic acids is 1. The minimum Gasteiger partial charge on any atom is -0.547 e. The molecule has 40 atom stereocenters. The van der Waals surface area contributed by atoms with Crippen molar-refractivity contribution in [3.8, 4) is 0 Å². The van der Waals surface area contributed by atoms with Crippen molar-refractivity contribution < 1.29 is 239 Å². The Morgan fingerprint density at radius 2 is 0.474 bits per heavy atom. The molecule has 50 heteroatoms. The number of aliphatic hydroxyl groups is 15. The lowest BCUT2D eigenvalue weighted by atomic mass is 9.94. The summed E-state index contributed by atoms with van der Waals surface area (Å²) in [5.41, 5.74) is 0. The summed E-state index contributed by atoms with van der Waals surface area (Å²) in [6, 6.07) is -1.97. The zero-order chi connectivity index (χ0) is 85.9. The van der Waals surface area contributed by atoms with Crippen molar-refractivity contribution in [3.63, 3.8) is 0 Å². The second-order valence-corrected chi connectivity index (χ2v) is 27.6. The van der Waals surface area contributed by atoms with Gasteiger partial charge in [0.25, 0.3) is 0 Å². The lowest BCUT2D eigenvalue weighted by Crippen LogP contribution is -2.71. The molecule has 0 aromatic heterocycles. The Hall–Kier alpha value is -6.05. The molecule has 8 aliphatic rings. The summed E-state index contributed by atoms with van der Waals surface area (Å²) in [6.45, 7) is -0.583. The number of nitrogens with one attached hydrogen (secondary N) is 1. The fourth-order valence-electron chi connectivity index (χ4n) is 14.5. The molecule has 0 unspecified atom stereocenters. The monoisotopic (exact) mass is 1690 g/mol. The molecule has 8 heterocycles. The molecule has 50 nitrogen and oxygen atoms in total. The van der Waals surface area contributed by atoms with Crippen molar-refractivity contribution in [3.05, 3.63) is 0 Å². The van der Waals surface area contributed by atoms with Crippen molar-refractivity contribution >= 4 is 53.7 Å². The number of amides is 1. The molecule has 0 aromatic carbocycles. The standard InChI is InChI=1S/C66H101NO49/c1-18(75)67-33-34(83)42(26(11-68)102-59(33)110-44-29(14-71)106-63(38(87)51(44)97-21(4)78)113-46-30(15-72)107-64(39(88)53(46)99-23(6)80)111-45-28(13-70)103-60(94-10)35(84)50(45)96-20(3)77)109-61-37(86)52(98-22(5)79)48(32(17-74)105-61)114-66-41(90)55(101-25(8)82)56(57(116-66)58(91)92)115-65-40(89)54(100-24(7)81)47(31(16-73)108-65)112-62-36(85)49(95-19(2)76)43(93-9)27(12-69)104-62/h26-57,59-66,68-74,83-90H,11-17H2,1-10H3,(H,67,75)(H,91,92)/p-1/t26-,27-,28-,29-,30-,31-,32-,33+,34-,35+,36+,37+,38+,39+,40+,41+,42-,43-,44-,45-,46-,47-,48-,49-,50-,51-,52-,53-,54-,55-,56+,57+,59-,60+,61-,62-,63-,64-,65-,66+/m1/s1. The van der Waals surface area contributed by atoms with Gasteiger partial charge in [0.1, 0.15) is 153 Å². The number of esters is 7. The second kappa shape index (κ2) is 42.4. The van der Waals surface area contributed by atoms with E-state index in [1.54, 1.807) is 0 Å². The minimum atomic E-state index is -2.66. The zero-order valence-electron chi connectivity index (χ0n) is 63.6. The van der Waals surface area contributed by atoms with Gasteiger partial charge in [-0.15, -0.1) is 0 Å². The highest BCUT2D eigenvalue weighted by molar-refractivity contribution is 5.73. The Bertz CT molecular complexity index is 3250. The molecule has 16 N–H and O–H groups in total. The molecule has 0 bridgehead atoms. The van der Waals surface area contributed by atoms with Crippen LogP contribution < -0.4 is 10.4 Å². The predicted molar refractivity (Wildman–Crippen MR) is 350 cm³/mol. The second-order valence-electron chi connectivity index (χ2n) is 27.6. The molecule has 8 saturated heterocycles. The normalized spacial score (nSPS) is 43.3. The number of carboxylic acids is 1. The Labute approximate surface area is 657 Å². The molecule has 0 radical (unpaired) electrons. The molecular formula is C66H100NO49-. The molecule has 0 aromatic rings. The topological polar surface area (TPSA) is 714 Å². The number of methoxy groups -OCH3 is 2. The third kappa shape index (κ3) is 22.2. The van der Waals surface area contributed by atoms with Gasteiger partial charge in [-0.25, -0.2) is 0 Å². The number of rotatable bonds is 32. The highest BCUT2D eigenvalue weighted by atomic mass is 16.8. The lowest BCUT2D eigenvalue weighted by Gasteiger charge is -2.51. The van der Waals surface area contributed by atoms with Crippen LogP contribution in [0.1, 0.15) is 55.4 Å². The van der Waals surface area contributed by atoms with E-state index in [-0.39, 0.29) is 0 Å². The van der Waals surface area contributed by atoms with Crippen LogP contribution in [0.2, 0.25) is 0 Å². The van der Waals surface area contributed by atoms with Crippen LogP contribution >= 0.6 is 0 Å². The summed E-state index contributed by atoms with van der Waals surface area (Å²) in [7, 11) is 2.27. The van der Waals surface area contributed by atoms with Gasteiger partial charge in [-0.05, 0) is 0 Å². The number of carbonyl (C=O) groups is 9. The fraction of sp³-hybridized carbons (Fsp3) is 0.864. The first kappa shape index (κ1) is 95.4. The van der Waals surface area contributed by atoms with Crippen LogP contribution in [0.25, 0.3) is 0 Å². The molecule has 0 saturated carbocycles. The third-order valence-electron chi connectivity index (χ3n) is 19.4. The van der Waals surface area contributed by atoms with Gasteiger partial charge in [0.15, 0.2) is 93.0 Å². The van der Waals surface area contributed by atoms with Crippen LogP contribution in [0.15, 0.2) is 0 Å². The van der Waals surface area contributed by atoms with Gasteiger partial charge in [0.05, 0.1) is 52.2 Å². The first-order valence-corrected chi connectivity index (χ1v) is 36.1. The zero-order valence-corrected chi connectivity index (χ0v) is 63.6. The predicted octanol–water partition coefficient (Wildman–Crippen LogP) is -14.2. The molecule has 664 valence electrons. The number of hydrogen-bond donors (Lipinski definition) is 16. The summed E-state index contributed by atoms with van der Waals surface area (Å²) >= 11 is 0. The number of ether oxygens (including phenoxy) is 24. The van der Waals surface area contributed by atoms with Crippen LogP contribution in [-0.4, -0.2) is 436 Å². The smallest absolute Gasteiger partial charge is 0.303 e. The van der Waals surface area contributed by atoms with E-state index >= 15 is 0 Å². The molecule has 8 rings (SSSR count). The van der Waals surface area contributed by atoms with Gasteiger partial charge in [-0.1, -0.05) is 0 Å². The van der Waals surface area contributed by atoms with Gasteiger partial charge in [-0.3, -0.25) is 38.4 Å². The summed E-state index contributed by atoms with van der Waals surface area (Å²) in [5.74, 6) is -11.1. The van der Waals surface area contributed by atoms with Gasteiger partial charge in [0.2, 0.25) is 5.91 Å². The number of carboxylic acid groups (broad SMARTS) is 1. The Morgan fingerprint density at radius 1 is 0.267 bits per heavy atom. The van der Waals surface area contributed by atoms with Crippen LogP contribution in [-0.2, 0) is 157 Å². The van der Waals surface area contributed by atoms with Crippen molar-refractivity contribution in [2.45, 2.75) is 301 Å². The van der Waals surface area contributed by atoms with E-state index in [1.807, 2.05) is 0 Å². The SMILES string of the molecule is CO[C@H]1O[C@H](CO)[C@@H](O[C@H]2O[C@H](CO)[C@@H](O[C@H]3O[C@H](CO)[C@@H](O[C@H]4O[C@H](CO)[C@@H](O[C@H]5O[C@H](CO)[C@@H](O[C@H]6O[C@H](C(=O)[O-])[C@@H](O[C@H]7O[C@H](CO)[C@@H](O[C@H]8O[C@H](CO)[C@@H](OC)[C@H](OC(C)=O)[C@@H]8O)[C@H](OC(C)=O)[C@@H]7O)[C@H](OC(C)=O)[C@@H]6O)[C@H](OC(C)=O)[C@@H]5O)[C@H](O)[C@@H]4NC(C)=O)[C@H](OC(C)=O)[C@@H]3O)[C@H](OC(C)=O)[C@@H]2O)[C@H](OC(C)=O)[C@@H]1O. The summed E-state index contributed by atoms with van der Waals surface area (Å²) < 4.78 is 137. The Morgan fingerprint density at radius 3 is 0.724 bits per heavy atom. The van der Waals surface area contributed by atoms with E-state index in [0.29, 0.717) is 0 Å². The maximum absolute atomic E-state index is 13.2.